The van der Waals surface area contributed by atoms with E-state index in [4.69, 9.17) is 0 Å². The van der Waals surface area contributed by atoms with Gasteiger partial charge in [-0.15, -0.1) is 0 Å². The molecule has 0 aliphatic carbocycles. The van der Waals surface area contributed by atoms with Gasteiger partial charge in [0.05, 0.1) is 18.3 Å². The Morgan fingerprint density at radius 3 is 2.52 bits per heavy atom. The van der Waals surface area contributed by atoms with Gasteiger partial charge in [0.15, 0.2) is 0 Å². The number of benzene rings is 2. The van der Waals surface area contributed by atoms with Gasteiger partial charge in [-0.3, -0.25) is 9.89 Å². The molecule has 0 spiro atoms. The summed E-state index contributed by atoms with van der Waals surface area (Å²) in [5.41, 5.74) is 4.77. The zero-order valence-corrected chi connectivity index (χ0v) is 19.7. The molecule has 33 heavy (non-hydrogen) atoms. The Morgan fingerprint density at radius 2 is 1.85 bits per heavy atom. The average Bonchev–Trinajstić information content (AvgIpc) is 3.49. The summed E-state index contributed by atoms with van der Waals surface area (Å²) >= 11 is 0. The normalized spacial score (nSPS) is 19.1. The van der Waals surface area contributed by atoms with Crippen LogP contribution in [0.5, 0.6) is 0 Å². The standard InChI is InChI=1S/C27H34N4O2/c1-18(2)25-16-23(29-30-25)17-31(3)27(33)21-11-9-19(10-12-21)15-22-13-14-24(28-22)26(32)20-7-5-4-6-8-20/h4-12,16,18,22,24,26,28,32H,13-15,17H2,1-3H3,(H,29,30)/t22-,24+,26+/m0/s1. The smallest absolute Gasteiger partial charge is 0.253 e. The van der Waals surface area contributed by atoms with E-state index in [0.717, 1.165) is 36.2 Å². The van der Waals surface area contributed by atoms with Gasteiger partial charge in [-0.05, 0) is 54.5 Å². The third kappa shape index (κ3) is 5.70. The van der Waals surface area contributed by atoms with E-state index >= 15 is 0 Å². The second-order valence-electron chi connectivity index (χ2n) is 9.43. The van der Waals surface area contributed by atoms with Gasteiger partial charge in [-0.1, -0.05) is 56.3 Å². The molecule has 1 aliphatic rings. The Kier molecular flexibility index (Phi) is 7.26. The van der Waals surface area contributed by atoms with Crippen molar-refractivity contribution in [1.82, 2.24) is 20.4 Å². The van der Waals surface area contributed by atoms with E-state index < -0.39 is 6.10 Å². The number of amides is 1. The summed E-state index contributed by atoms with van der Waals surface area (Å²) in [4.78, 5) is 14.5. The minimum Gasteiger partial charge on any atom is -0.387 e. The largest absolute Gasteiger partial charge is 0.387 e. The first-order chi connectivity index (χ1) is 15.9. The van der Waals surface area contributed by atoms with Crippen LogP contribution in [-0.4, -0.2) is 45.2 Å². The van der Waals surface area contributed by atoms with E-state index in [1.165, 1.54) is 5.56 Å². The number of carbonyl (C=O) groups excluding carboxylic acids is 1. The lowest BCUT2D eigenvalue weighted by molar-refractivity contribution is 0.0783. The van der Waals surface area contributed by atoms with Crippen LogP contribution in [-0.2, 0) is 13.0 Å². The molecule has 2 heterocycles. The van der Waals surface area contributed by atoms with Crippen molar-refractivity contribution >= 4 is 5.91 Å². The molecule has 2 aromatic carbocycles. The molecule has 0 bridgehead atoms. The molecule has 1 aromatic heterocycles. The quantitative estimate of drug-likeness (QED) is 0.484. The van der Waals surface area contributed by atoms with Crippen molar-refractivity contribution in [3.05, 3.63) is 88.7 Å². The first kappa shape index (κ1) is 23.2. The lowest BCUT2D eigenvalue weighted by atomic mass is 10.0. The van der Waals surface area contributed by atoms with Crippen LogP contribution in [0.3, 0.4) is 0 Å². The first-order valence-electron chi connectivity index (χ1n) is 11.8. The Balaban J connectivity index is 1.30. The minimum absolute atomic E-state index is 0.0133. The van der Waals surface area contributed by atoms with Gasteiger partial charge in [0, 0.05) is 30.4 Å². The van der Waals surface area contributed by atoms with Crippen LogP contribution in [0.4, 0.5) is 0 Å². The molecule has 1 saturated heterocycles. The molecule has 174 valence electrons. The SMILES string of the molecule is CC(C)c1cc(CN(C)C(=O)c2ccc(C[C@@H]3CC[C@H]([C@H](O)c4ccccc4)N3)cc2)n[nH]1. The van der Waals surface area contributed by atoms with Crippen LogP contribution in [0, 0.1) is 0 Å². The highest BCUT2D eigenvalue weighted by Gasteiger charge is 2.29. The molecular weight excluding hydrogens is 412 g/mol. The Bertz CT molecular complexity index is 1050. The Hall–Kier alpha value is -2.96. The summed E-state index contributed by atoms with van der Waals surface area (Å²) in [7, 11) is 1.81. The molecule has 4 rings (SSSR count). The predicted octanol–water partition coefficient (Wildman–Crippen LogP) is 4.20. The molecule has 0 radical (unpaired) electrons. The Morgan fingerprint density at radius 1 is 1.12 bits per heavy atom. The molecule has 0 unspecified atom stereocenters. The fourth-order valence-corrected chi connectivity index (χ4v) is 4.50. The zero-order valence-electron chi connectivity index (χ0n) is 19.7. The number of rotatable bonds is 8. The van der Waals surface area contributed by atoms with Gasteiger partial charge < -0.3 is 15.3 Å². The van der Waals surface area contributed by atoms with Crippen molar-refractivity contribution in [1.29, 1.82) is 0 Å². The van der Waals surface area contributed by atoms with Crippen molar-refractivity contribution in [2.45, 2.75) is 63.8 Å². The van der Waals surface area contributed by atoms with Gasteiger partial charge in [0.25, 0.3) is 5.91 Å². The van der Waals surface area contributed by atoms with Crippen molar-refractivity contribution in [3.8, 4) is 0 Å². The van der Waals surface area contributed by atoms with Crippen molar-refractivity contribution in [2.24, 2.45) is 0 Å². The number of nitrogens with zero attached hydrogens (tertiary/aromatic N) is 2. The van der Waals surface area contributed by atoms with Crippen LogP contribution in [0.25, 0.3) is 0 Å². The molecule has 3 aromatic rings. The van der Waals surface area contributed by atoms with Crippen molar-refractivity contribution < 1.29 is 9.90 Å². The number of H-pyrrole nitrogens is 1. The van der Waals surface area contributed by atoms with Crippen molar-refractivity contribution in [2.75, 3.05) is 7.05 Å². The molecule has 3 atom stereocenters. The van der Waals surface area contributed by atoms with Crippen LogP contribution in [0.2, 0.25) is 0 Å². The zero-order chi connectivity index (χ0) is 23.4. The molecular formula is C27H34N4O2. The van der Waals surface area contributed by atoms with Crippen molar-refractivity contribution in [3.63, 3.8) is 0 Å². The van der Waals surface area contributed by atoms with E-state index in [0.29, 0.717) is 24.1 Å². The number of aliphatic hydroxyl groups is 1. The lowest BCUT2D eigenvalue weighted by Crippen LogP contribution is -2.35. The highest BCUT2D eigenvalue weighted by Crippen LogP contribution is 2.26. The summed E-state index contributed by atoms with van der Waals surface area (Å²) in [6.07, 6.45) is 2.37. The summed E-state index contributed by atoms with van der Waals surface area (Å²) in [5, 5.41) is 21.6. The number of hydrogen-bond donors (Lipinski definition) is 3. The van der Waals surface area contributed by atoms with Crippen LogP contribution >= 0.6 is 0 Å². The van der Waals surface area contributed by atoms with Gasteiger partial charge in [0.1, 0.15) is 0 Å². The van der Waals surface area contributed by atoms with Gasteiger partial charge in [0.2, 0.25) is 0 Å². The van der Waals surface area contributed by atoms with Crippen LogP contribution < -0.4 is 5.32 Å². The maximum Gasteiger partial charge on any atom is 0.253 e. The molecule has 1 fully saturated rings. The monoisotopic (exact) mass is 446 g/mol. The highest BCUT2D eigenvalue weighted by atomic mass is 16.3. The minimum atomic E-state index is -0.488. The number of carbonyl (C=O) groups is 1. The summed E-state index contributed by atoms with van der Waals surface area (Å²) in [6.45, 7) is 4.70. The lowest BCUT2D eigenvalue weighted by Gasteiger charge is -2.20. The number of hydrogen-bond acceptors (Lipinski definition) is 4. The summed E-state index contributed by atoms with van der Waals surface area (Å²) in [6, 6.07) is 20.1. The number of nitrogens with one attached hydrogen (secondary N) is 2. The Labute approximate surface area is 196 Å². The van der Waals surface area contributed by atoms with Crippen LogP contribution in [0.15, 0.2) is 60.7 Å². The molecule has 1 amide bonds. The van der Waals surface area contributed by atoms with E-state index in [9.17, 15) is 9.90 Å². The van der Waals surface area contributed by atoms with Gasteiger partial charge in [-0.2, -0.15) is 5.10 Å². The third-order valence-corrected chi connectivity index (χ3v) is 6.50. The molecule has 6 heteroatoms. The topological polar surface area (TPSA) is 81.2 Å². The van der Waals surface area contributed by atoms with E-state index in [1.807, 2.05) is 60.7 Å². The molecule has 3 N–H and O–H groups in total. The number of aromatic amines is 1. The molecule has 6 nitrogen and oxygen atoms in total. The first-order valence-corrected chi connectivity index (χ1v) is 11.8. The summed E-state index contributed by atoms with van der Waals surface area (Å²) < 4.78 is 0. The maximum absolute atomic E-state index is 12.8. The third-order valence-electron chi connectivity index (χ3n) is 6.50. The fraction of sp³-hybridized carbons (Fsp3) is 0.407. The molecule has 1 aliphatic heterocycles. The van der Waals surface area contributed by atoms with Gasteiger partial charge in [-0.25, -0.2) is 0 Å². The number of aromatic nitrogens is 2. The predicted molar refractivity (Wildman–Crippen MR) is 130 cm³/mol. The van der Waals surface area contributed by atoms with E-state index in [-0.39, 0.29) is 11.9 Å². The highest BCUT2D eigenvalue weighted by molar-refractivity contribution is 5.94. The van der Waals surface area contributed by atoms with E-state index in [2.05, 4.69) is 29.4 Å². The fourth-order valence-electron chi connectivity index (χ4n) is 4.50. The van der Waals surface area contributed by atoms with Gasteiger partial charge >= 0.3 is 0 Å². The second kappa shape index (κ2) is 10.3. The number of aliphatic hydroxyl groups excluding tert-OH is 1. The van der Waals surface area contributed by atoms with Crippen LogP contribution in [0.1, 0.15) is 71.6 Å². The van der Waals surface area contributed by atoms with E-state index in [1.54, 1.807) is 11.9 Å². The second-order valence-corrected chi connectivity index (χ2v) is 9.43. The summed E-state index contributed by atoms with van der Waals surface area (Å²) in [5.74, 6) is 0.367. The molecule has 0 saturated carbocycles. The maximum atomic E-state index is 12.8. The average molecular weight is 447 g/mol.